The van der Waals surface area contributed by atoms with Gasteiger partial charge in [0.15, 0.2) is 0 Å². The van der Waals surface area contributed by atoms with E-state index in [1.54, 1.807) is 41.1 Å². The number of hydrogen-bond acceptors (Lipinski definition) is 5. The lowest BCUT2D eigenvalue weighted by molar-refractivity contribution is -0.0827. The molecule has 0 unspecified atom stereocenters. The second-order valence-electron chi connectivity index (χ2n) is 6.65. The van der Waals surface area contributed by atoms with Crippen LogP contribution < -0.4 is 10.3 Å². The molecule has 0 atom stereocenters. The molecule has 134 valence electrons. The molecule has 6 heteroatoms. The predicted molar refractivity (Wildman–Crippen MR) is 97.9 cm³/mol. The Bertz CT molecular complexity index is 967. The summed E-state index contributed by atoms with van der Waals surface area (Å²) in [5.41, 5.74) is 1.62. The number of benzene rings is 1. The standard InChI is InChI=1S/C20H21N3O3/c1-4-22(25)13-16-19(23-10-6-5-7-18(23)24)15-11-14(12-21)8-9-17(15)26-20(16,2)3/h5-11,25H,4,13H2,1-3H3. The van der Waals surface area contributed by atoms with E-state index in [2.05, 4.69) is 6.07 Å². The van der Waals surface area contributed by atoms with Gasteiger partial charge < -0.3 is 9.94 Å². The van der Waals surface area contributed by atoms with Gasteiger partial charge in [-0.3, -0.25) is 9.36 Å². The Morgan fingerprint density at radius 1 is 1.31 bits per heavy atom. The Morgan fingerprint density at radius 3 is 2.73 bits per heavy atom. The minimum absolute atomic E-state index is 0.188. The van der Waals surface area contributed by atoms with Gasteiger partial charge in [-0.15, -0.1) is 0 Å². The lowest BCUT2D eigenvalue weighted by Gasteiger charge is -2.38. The van der Waals surface area contributed by atoms with Crippen molar-refractivity contribution >= 4 is 5.70 Å². The lowest BCUT2D eigenvalue weighted by Crippen LogP contribution is -2.41. The van der Waals surface area contributed by atoms with Crippen LogP contribution in [-0.2, 0) is 0 Å². The van der Waals surface area contributed by atoms with E-state index in [-0.39, 0.29) is 12.1 Å². The molecule has 2 aromatic rings. The van der Waals surface area contributed by atoms with E-state index >= 15 is 0 Å². The normalized spacial score (nSPS) is 15.4. The zero-order valence-corrected chi connectivity index (χ0v) is 15.1. The van der Waals surface area contributed by atoms with Gasteiger partial charge in [0.2, 0.25) is 0 Å². The average molecular weight is 351 g/mol. The quantitative estimate of drug-likeness (QED) is 0.857. The van der Waals surface area contributed by atoms with E-state index in [1.807, 2.05) is 20.8 Å². The van der Waals surface area contributed by atoms with Gasteiger partial charge in [-0.1, -0.05) is 13.0 Å². The molecule has 3 rings (SSSR count). The molecule has 0 spiro atoms. The Labute approximate surface area is 152 Å². The first kappa shape index (κ1) is 17.9. The summed E-state index contributed by atoms with van der Waals surface area (Å²) in [4.78, 5) is 12.5. The molecule has 1 aliphatic rings. The van der Waals surface area contributed by atoms with Crippen LogP contribution in [0.5, 0.6) is 5.75 Å². The highest BCUT2D eigenvalue weighted by Gasteiger charge is 2.36. The third-order valence-electron chi connectivity index (χ3n) is 4.51. The van der Waals surface area contributed by atoms with Gasteiger partial charge in [0.05, 0.1) is 23.9 Å². The number of nitriles is 1. The van der Waals surface area contributed by atoms with E-state index in [0.717, 1.165) is 5.57 Å². The molecule has 1 aromatic heterocycles. The number of aromatic nitrogens is 1. The van der Waals surface area contributed by atoms with Gasteiger partial charge in [0, 0.05) is 29.9 Å². The fraction of sp³-hybridized carbons (Fsp3) is 0.300. The summed E-state index contributed by atoms with van der Waals surface area (Å²) in [6.45, 7) is 6.30. The minimum Gasteiger partial charge on any atom is -0.483 e. The smallest absolute Gasteiger partial charge is 0.255 e. The summed E-state index contributed by atoms with van der Waals surface area (Å²) in [7, 11) is 0. The van der Waals surface area contributed by atoms with Crippen molar-refractivity contribution in [2.24, 2.45) is 0 Å². The van der Waals surface area contributed by atoms with Gasteiger partial charge in [0.1, 0.15) is 11.4 Å². The van der Waals surface area contributed by atoms with Crippen molar-refractivity contribution in [3.05, 3.63) is 69.6 Å². The molecule has 0 aliphatic carbocycles. The molecule has 0 fully saturated rings. The SMILES string of the molecule is CCN(O)CC1=C(n2ccccc2=O)c2cc(C#N)ccc2OC1(C)C. The van der Waals surface area contributed by atoms with Crippen molar-refractivity contribution in [3.8, 4) is 11.8 Å². The van der Waals surface area contributed by atoms with Crippen molar-refractivity contribution in [3.63, 3.8) is 0 Å². The van der Waals surface area contributed by atoms with Crippen molar-refractivity contribution in [1.29, 1.82) is 5.26 Å². The number of pyridine rings is 1. The first-order chi connectivity index (χ1) is 12.4. The number of hydrogen-bond donors (Lipinski definition) is 1. The largest absolute Gasteiger partial charge is 0.483 e. The molecule has 2 heterocycles. The number of likely N-dealkylation sites (N-methyl/N-ethyl adjacent to an activating group) is 1. The van der Waals surface area contributed by atoms with E-state index in [0.29, 0.717) is 29.1 Å². The summed E-state index contributed by atoms with van der Waals surface area (Å²) in [6, 6.07) is 12.2. The van der Waals surface area contributed by atoms with Gasteiger partial charge in [-0.25, -0.2) is 0 Å². The minimum atomic E-state index is -0.734. The molecule has 0 radical (unpaired) electrons. The van der Waals surface area contributed by atoms with Crippen LogP contribution in [0.2, 0.25) is 0 Å². The van der Waals surface area contributed by atoms with Crippen LogP contribution in [-0.4, -0.2) is 33.5 Å². The highest BCUT2D eigenvalue weighted by molar-refractivity contribution is 5.77. The molecule has 1 N–H and O–H groups in total. The van der Waals surface area contributed by atoms with Gasteiger partial charge >= 0.3 is 0 Å². The zero-order valence-electron chi connectivity index (χ0n) is 15.1. The second kappa shape index (κ2) is 6.79. The van der Waals surface area contributed by atoms with E-state index in [1.165, 1.54) is 11.1 Å². The van der Waals surface area contributed by atoms with Gasteiger partial charge in [-0.05, 0) is 38.1 Å². The number of hydroxylamine groups is 2. The second-order valence-corrected chi connectivity index (χ2v) is 6.65. The Balaban J connectivity index is 2.36. The van der Waals surface area contributed by atoms with Crippen molar-refractivity contribution < 1.29 is 9.94 Å². The molecule has 1 aromatic carbocycles. The predicted octanol–water partition coefficient (Wildman–Crippen LogP) is 2.86. The summed E-state index contributed by atoms with van der Waals surface area (Å²) < 4.78 is 7.69. The molecule has 0 amide bonds. The molecule has 0 saturated heterocycles. The van der Waals surface area contributed by atoms with E-state index < -0.39 is 5.60 Å². The molecule has 1 aliphatic heterocycles. The fourth-order valence-electron chi connectivity index (χ4n) is 3.10. The maximum absolute atomic E-state index is 12.5. The Hall–Kier alpha value is -2.88. The molecule has 26 heavy (non-hydrogen) atoms. The summed E-state index contributed by atoms with van der Waals surface area (Å²) in [5, 5.41) is 20.6. The van der Waals surface area contributed by atoms with Crippen LogP contribution in [0, 0.1) is 11.3 Å². The van der Waals surface area contributed by atoms with Crippen LogP contribution >= 0.6 is 0 Å². The van der Waals surface area contributed by atoms with E-state index in [4.69, 9.17) is 4.74 Å². The number of nitrogens with zero attached hydrogens (tertiary/aromatic N) is 3. The Kier molecular flexibility index (Phi) is 4.68. The van der Waals surface area contributed by atoms with Crippen LogP contribution in [0.4, 0.5) is 0 Å². The molecular weight excluding hydrogens is 330 g/mol. The molecular formula is C20H21N3O3. The van der Waals surface area contributed by atoms with Crippen LogP contribution in [0.15, 0.2) is 53.0 Å². The first-order valence-corrected chi connectivity index (χ1v) is 8.46. The fourth-order valence-corrected chi connectivity index (χ4v) is 3.10. The lowest BCUT2D eigenvalue weighted by atomic mass is 9.88. The number of ether oxygens (including phenoxy) is 1. The van der Waals surface area contributed by atoms with Crippen molar-refractivity contribution in [2.45, 2.75) is 26.4 Å². The van der Waals surface area contributed by atoms with Crippen LogP contribution in [0.25, 0.3) is 5.70 Å². The third kappa shape index (κ3) is 3.15. The molecule has 6 nitrogen and oxygen atoms in total. The summed E-state index contributed by atoms with van der Waals surface area (Å²) in [5.74, 6) is 0.601. The highest BCUT2D eigenvalue weighted by atomic mass is 16.5. The average Bonchev–Trinajstić information content (AvgIpc) is 2.62. The van der Waals surface area contributed by atoms with Crippen LogP contribution in [0.3, 0.4) is 0 Å². The first-order valence-electron chi connectivity index (χ1n) is 8.46. The van der Waals surface area contributed by atoms with Crippen molar-refractivity contribution in [1.82, 2.24) is 9.63 Å². The van der Waals surface area contributed by atoms with Crippen LogP contribution in [0.1, 0.15) is 31.9 Å². The number of rotatable bonds is 4. The molecule has 0 bridgehead atoms. The highest BCUT2D eigenvalue weighted by Crippen LogP contribution is 2.41. The van der Waals surface area contributed by atoms with Gasteiger partial charge in [-0.2, -0.15) is 10.3 Å². The maximum Gasteiger partial charge on any atom is 0.255 e. The topological polar surface area (TPSA) is 78.5 Å². The monoisotopic (exact) mass is 351 g/mol. The zero-order chi connectivity index (χ0) is 18.9. The van der Waals surface area contributed by atoms with E-state index in [9.17, 15) is 15.3 Å². The van der Waals surface area contributed by atoms with Gasteiger partial charge in [0.25, 0.3) is 5.56 Å². The van der Waals surface area contributed by atoms with Crippen molar-refractivity contribution in [2.75, 3.05) is 13.1 Å². The third-order valence-corrected chi connectivity index (χ3v) is 4.51. The number of fused-ring (bicyclic) bond motifs is 1. The summed E-state index contributed by atoms with van der Waals surface area (Å²) in [6.07, 6.45) is 1.69. The summed E-state index contributed by atoms with van der Waals surface area (Å²) >= 11 is 0. The maximum atomic E-state index is 12.5. The molecule has 0 saturated carbocycles. The Morgan fingerprint density at radius 2 is 2.08 bits per heavy atom.